The molecule has 3 rings (SSSR count). The fourth-order valence-electron chi connectivity index (χ4n) is 2.58. The zero-order chi connectivity index (χ0) is 15.3. The van der Waals surface area contributed by atoms with Gasteiger partial charge in [-0.1, -0.05) is 0 Å². The lowest BCUT2D eigenvalue weighted by molar-refractivity contribution is -0.117. The van der Waals surface area contributed by atoms with E-state index < -0.39 is 0 Å². The van der Waals surface area contributed by atoms with E-state index in [2.05, 4.69) is 47.6 Å². The maximum absolute atomic E-state index is 11.9. The number of aromatic nitrogens is 2. The summed E-state index contributed by atoms with van der Waals surface area (Å²) in [4.78, 5) is 11.9. The first kappa shape index (κ1) is 14.7. The van der Waals surface area contributed by atoms with Gasteiger partial charge in [-0.15, -0.1) is 0 Å². The summed E-state index contributed by atoms with van der Waals surface area (Å²) in [5.74, 6) is -0.0360. The molecule has 1 aromatic carbocycles. The number of amides is 1. The zero-order valence-corrected chi connectivity index (χ0v) is 15.0. The SMILES string of the molecule is CNC1C(=O)Nc2cc(-n3nc(C)c(Br)c3C)c(Br)cc21. The number of carbonyl (C=O) groups is 1. The summed E-state index contributed by atoms with van der Waals surface area (Å²) in [6.07, 6.45) is 0. The van der Waals surface area contributed by atoms with Crippen molar-refractivity contribution in [1.82, 2.24) is 15.1 Å². The van der Waals surface area contributed by atoms with E-state index >= 15 is 0 Å². The number of halogens is 2. The maximum atomic E-state index is 11.9. The Kier molecular flexibility index (Phi) is 3.67. The van der Waals surface area contributed by atoms with Crippen LogP contribution in [-0.2, 0) is 4.79 Å². The molecule has 2 aromatic rings. The fraction of sp³-hybridized carbons (Fsp3) is 0.286. The van der Waals surface area contributed by atoms with Crippen LogP contribution in [0.3, 0.4) is 0 Å². The van der Waals surface area contributed by atoms with E-state index in [1.807, 2.05) is 30.7 Å². The smallest absolute Gasteiger partial charge is 0.246 e. The third kappa shape index (κ3) is 2.23. The van der Waals surface area contributed by atoms with Crippen molar-refractivity contribution in [3.05, 3.63) is 38.0 Å². The number of hydrogen-bond donors (Lipinski definition) is 2. The Balaban J connectivity index is 2.17. The van der Waals surface area contributed by atoms with Crippen LogP contribution in [-0.4, -0.2) is 22.7 Å². The third-order valence-corrected chi connectivity index (χ3v) is 5.45. The zero-order valence-electron chi connectivity index (χ0n) is 11.8. The van der Waals surface area contributed by atoms with Gasteiger partial charge in [0, 0.05) is 15.7 Å². The molecular weight excluding hydrogens is 400 g/mol. The van der Waals surface area contributed by atoms with E-state index in [-0.39, 0.29) is 11.9 Å². The summed E-state index contributed by atoms with van der Waals surface area (Å²) in [6, 6.07) is 3.60. The maximum Gasteiger partial charge on any atom is 0.246 e. The molecule has 2 N–H and O–H groups in total. The van der Waals surface area contributed by atoms with E-state index in [1.165, 1.54) is 0 Å². The number of rotatable bonds is 2. The molecule has 0 spiro atoms. The van der Waals surface area contributed by atoms with Crippen LogP contribution >= 0.6 is 31.9 Å². The molecule has 5 nitrogen and oxygen atoms in total. The summed E-state index contributed by atoms with van der Waals surface area (Å²) in [5, 5.41) is 10.5. The van der Waals surface area contributed by atoms with Crippen molar-refractivity contribution in [3.63, 3.8) is 0 Å². The van der Waals surface area contributed by atoms with E-state index in [1.54, 1.807) is 7.05 Å². The standard InChI is InChI=1S/C14H14Br2N4O/c1-6-12(16)7(2)20(19-6)11-5-10-8(4-9(11)15)13(17-3)14(21)18-10/h4-5,13,17H,1-3H3,(H,18,21). The van der Waals surface area contributed by atoms with Crippen molar-refractivity contribution in [2.45, 2.75) is 19.9 Å². The van der Waals surface area contributed by atoms with Crippen LogP contribution in [0.2, 0.25) is 0 Å². The molecule has 0 fully saturated rings. The minimum atomic E-state index is -0.308. The molecule has 1 aliphatic heterocycles. The summed E-state index contributed by atoms with van der Waals surface area (Å²) in [5.41, 5.74) is 4.61. The van der Waals surface area contributed by atoms with Crippen LogP contribution in [0.15, 0.2) is 21.1 Å². The van der Waals surface area contributed by atoms with Crippen molar-refractivity contribution in [2.24, 2.45) is 0 Å². The van der Waals surface area contributed by atoms with Gasteiger partial charge >= 0.3 is 0 Å². The number of carbonyl (C=O) groups excluding carboxylic acids is 1. The highest BCUT2D eigenvalue weighted by Gasteiger charge is 2.30. The Morgan fingerprint density at radius 2 is 2.05 bits per heavy atom. The quantitative estimate of drug-likeness (QED) is 0.794. The average molecular weight is 414 g/mol. The van der Waals surface area contributed by atoms with Gasteiger partial charge in [-0.05, 0) is 64.9 Å². The molecule has 1 aliphatic rings. The summed E-state index contributed by atoms with van der Waals surface area (Å²) in [6.45, 7) is 3.95. The molecule has 0 radical (unpaired) electrons. The molecule has 2 heterocycles. The lowest BCUT2D eigenvalue weighted by Crippen LogP contribution is -2.23. The number of hydrogen-bond acceptors (Lipinski definition) is 3. The van der Waals surface area contributed by atoms with Crippen molar-refractivity contribution >= 4 is 43.5 Å². The van der Waals surface area contributed by atoms with Gasteiger partial charge in [0.2, 0.25) is 5.91 Å². The molecule has 21 heavy (non-hydrogen) atoms. The van der Waals surface area contributed by atoms with Gasteiger partial charge in [0.25, 0.3) is 0 Å². The van der Waals surface area contributed by atoms with Crippen molar-refractivity contribution in [2.75, 3.05) is 12.4 Å². The second-order valence-electron chi connectivity index (χ2n) is 5.00. The highest BCUT2D eigenvalue weighted by Crippen LogP contribution is 2.37. The van der Waals surface area contributed by atoms with Gasteiger partial charge in [-0.2, -0.15) is 5.10 Å². The minimum Gasteiger partial charge on any atom is -0.324 e. The second-order valence-corrected chi connectivity index (χ2v) is 6.65. The van der Waals surface area contributed by atoms with Crippen LogP contribution < -0.4 is 10.6 Å². The molecule has 1 aromatic heterocycles. The van der Waals surface area contributed by atoms with Crippen LogP contribution in [0.25, 0.3) is 5.69 Å². The molecule has 7 heteroatoms. The first-order chi connectivity index (χ1) is 9.93. The molecule has 0 saturated heterocycles. The number of anilines is 1. The predicted molar refractivity (Wildman–Crippen MR) is 88.9 cm³/mol. The van der Waals surface area contributed by atoms with Gasteiger partial charge < -0.3 is 10.6 Å². The molecule has 1 amide bonds. The van der Waals surface area contributed by atoms with Gasteiger partial charge in [-0.3, -0.25) is 4.79 Å². The number of fused-ring (bicyclic) bond motifs is 1. The van der Waals surface area contributed by atoms with Crippen molar-refractivity contribution in [1.29, 1.82) is 0 Å². The Morgan fingerprint density at radius 3 is 2.62 bits per heavy atom. The number of nitrogens with zero attached hydrogens (tertiary/aromatic N) is 2. The van der Waals surface area contributed by atoms with Gasteiger partial charge in [-0.25, -0.2) is 4.68 Å². The molecule has 1 atom stereocenters. The first-order valence-corrected chi connectivity index (χ1v) is 8.06. The molecule has 110 valence electrons. The van der Waals surface area contributed by atoms with Crippen LogP contribution in [0.5, 0.6) is 0 Å². The topological polar surface area (TPSA) is 59.0 Å². The van der Waals surface area contributed by atoms with Crippen LogP contribution in [0.1, 0.15) is 23.0 Å². The lowest BCUT2D eigenvalue weighted by atomic mass is 10.1. The number of nitrogens with one attached hydrogen (secondary N) is 2. The second kappa shape index (κ2) is 5.23. The van der Waals surface area contributed by atoms with E-state index in [4.69, 9.17) is 0 Å². The van der Waals surface area contributed by atoms with Crippen molar-refractivity contribution in [3.8, 4) is 5.69 Å². The molecule has 1 unspecified atom stereocenters. The van der Waals surface area contributed by atoms with Gasteiger partial charge in [0.1, 0.15) is 6.04 Å². The van der Waals surface area contributed by atoms with Crippen LogP contribution in [0, 0.1) is 13.8 Å². The molecular formula is C14H14Br2N4O. The molecule has 0 bridgehead atoms. The highest BCUT2D eigenvalue weighted by molar-refractivity contribution is 9.11. The predicted octanol–water partition coefficient (Wildman–Crippen LogP) is 3.23. The Labute approximate surface area is 139 Å². The Bertz CT molecular complexity index is 754. The normalized spacial score (nSPS) is 17.0. The van der Waals surface area contributed by atoms with Crippen LogP contribution in [0.4, 0.5) is 5.69 Å². The van der Waals surface area contributed by atoms with Gasteiger partial charge in [0.15, 0.2) is 0 Å². The van der Waals surface area contributed by atoms with E-state index in [0.29, 0.717) is 0 Å². The minimum absolute atomic E-state index is 0.0360. The van der Waals surface area contributed by atoms with E-state index in [9.17, 15) is 4.79 Å². The number of likely N-dealkylation sites (N-methyl/N-ethyl adjacent to an activating group) is 1. The molecule has 0 saturated carbocycles. The fourth-order valence-corrected chi connectivity index (χ4v) is 3.35. The summed E-state index contributed by atoms with van der Waals surface area (Å²) < 4.78 is 3.76. The molecule has 0 aliphatic carbocycles. The highest BCUT2D eigenvalue weighted by atomic mass is 79.9. The first-order valence-electron chi connectivity index (χ1n) is 6.47. The third-order valence-electron chi connectivity index (χ3n) is 3.67. The van der Waals surface area contributed by atoms with Crippen molar-refractivity contribution < 1.29 is 4.79 Å². The average Bonchev–Trinajstić information content (AvgIpc) is 2.88. The summed E-state index contributed by atoms with van der Waals surface area (Å²) >= 11 is 7.12. The number of aryl methyl sites for hydroxylation is 1. The Hall–Kier alpha value is -1.18. The Morgan fingerprint density at radius 1 is 1.33 bits per heavy atom. The largest absolute Gasteiger partial charge is 0.324 e. The lowest BCUT2D eigenvalue weighted by Gasteiger charge is -2.11. The van der Waals surface area contributed by atoms with E-state index in [0.717, 1.165) is 37.3 Å². The number of benzene rings is 1. The monoisotopic (exact) mass is 412 g/mol. The summed E-state index contributed by atoms with van der Waals surface area (Å²) in [7, 11) is 1.78. The van der Waals surface area contributed by atoms with Gasteiger partial charge in [0.05, 0.1) is 21.5 Å².